The zero-order valence-electron chi connectivity index (χ0n) is 17.0. The molecule has 0 atom stereocenters. The third-order valence-electron chi connectivity index (χ3n) is 5.41. The summed E-state index contributed by atoms with van der Waals surface area (Å²) in [6.07, 6.45) is 0.450. The molecule has 0 bridgehead atoms. The van der Waals surface area contributed by atoms with Gasteiger partial charge in [0, 0.05) is 33.1 Å². The third-order valence-corrected chi connectivity index (χ3v) is 7.84. The Morgan fingerprint density at radius 1 is 0.812 bits per heavy atom. The van der Waals surface area contributed by atoms with Gasteiger partial charge < -0.3 is 0 Å². The summed E-state index contributed by atoms with van der Waals surface area (Å²) in [6, 6.07) is 35.9. The van der Waals surface area contributed by atoms with Gasteiger partial charge in [0.15, 0.2) is 0 Å². The molecule has 4 aromatic carbocycles. The van der Waals surface area contributed by atoms with Crippen LogP contribution in [-0.2, 0) is 16.4 Å². The molecule has 5 aromatic rings. The summed E-state index contributed by atoms with van der Waals surface area (Å²) in [5, 5.41) is 0.841. The standard InChI is InChI=1S/C27H18BrNO2S/c28-23-17-10-18-24-27(23)26(21-13-6-2-7-14-21)25(19-20-11-4-1-5-12-20)29(24)32(30,31)22-15-8-3-9-16-22/h1-6,8-13,15-18H,19H2. The van der Waals surface area contributed by atoms with E-state index in [9.17, 15) is 8.42 Å². The van der Waals surface area contributed by atoms with Crippen LogP contribution in [0.25, 0.3) is 22.0 Å². The van der Waals surface area contributed by atoms with Gasteiger partial charge >= 0.3 is 0 Å². The number of hydrogen-bond donors (Lipinski definition) is 0. The zero-order chi connectivity index (χ0) is 22.1. The van der Waals surface area contributed by atoms with Crippen LogP contribution >= 0.6 is 15.9 Å². The van der Waals surface area contributed by atoms with Crippen LogP contribution in [0.2, 0.25) is 0 Å². The summed E-state index contributed by atoms with van der Waals surface area (Å²) in [7, 11) is -3.85. The Morgan fingerprint density at radius 3 is 2.22 bits per heavy atom. The molecule has 0 aliphatic rings. The van der Waals surface area contributed by atoms with Crippen molar-refractivity contribution in [3.8, 4) is 11.1 Å². The molecular weight excluding hydrogens is 482 g/mol. The van der Waals surface area contributed by atoms with Gasteiger partial charge in [0.05, 0.1) is 10.4 Å². The van der Waals surface area contributed by atoms with Gasteiger partial charge in [-0.2, -0.15) is 0 Å². The molecule has 0 spiro atoms. The van der Waals surface area contributed by atoms with Gasteiger partial charge in [0.25, 0.3) is 10.0 Å². The molecule has 32 heavy (non-hydrogen) atoms. The minimum Gasteiger partial charge on any atom is -0.237 e. The first-order valence-electron chi connectivity index (χ1n) is 10.1. The molecule has 0 aliphatic carbocycles. The van der Waals surface area contributed by atoms with E-state index in [-0.39, 0.29) is 4.90 Å². The van der Waals surface area contributed by atoms with Gasteiger partial charge in [-0.05, 0) is 42.0 Å². The van der Waals surface area contributed by atoms with Crippen molar-refractivity contribution in [1.29, 1.82) is 0 Å². The molecule has 0 amide bonds. The Kier molecular flexibility index (Phi) is 5.34. The summed E-state index contributed by atoms with van der Waals surface area (Å²) in [4.78, 5) is 0.251. The van der Waals surface area contributed by atoms with Crippen LogP contribution in [0, 0.1) is 12.1 Å². The van der Waals surface area contributed by atoms with E-state index in [4.69, 9.17) is 0 Å². The molecule has 0 unspecified atom stereocenters. The molecule has 0 radical (unpaired) electrons. The Bertz CT molecular complexity index is 1490. The maximum atomic E-state index is 13.9. The Morgan fingerprint density at radius 2 is 1.53 bits per heavy atom. The second-order valence-electron chi connectivity index (χ2n) is 7.41. The SMILES string of the molecule is O=S(=O)(c1ccccc1)n1c(Cc2ccccc2)c(-c2c#cccc2)c2c(Br)cccc21. The lowest BCUT2D eigenvalue weighted by atomic mass is 9.99. The molecule has 5 rings (SSSR count). The molecule has 0 N–H and O–H groups in total. The average Bonchev–Trinajstić information content (AvgIpc) is 3.16. The lowest BCUT2D eigenvalue weighted by Gasteiger charge is -2.13. The van der Waals surface area contributed by atoms with Crippen LogP contribution in [0.15, 0.2) is 106 Å². The first-order chi connectivity index (χ1) is 15.6. The van der Waals surface area contributed by atoms with Crippen molar-refractivity contribution in [3.63, 3.8) is 0 Å². The van der Waals surface area contributed by atoms with Crippen molar-refractivity contribution >= 4 is 36.9 Å². The van der Waals surface area contributed by atoms with Crippen LogP contribution in [0.1, 0.15) is 11.3 Å². The Hall–Kier alpha value is -3.33. The number of nitrogens with zero attached hydrogens (tertiary/aromatic N) is 1. The van der Waals surface area contributed by atoms with Crippen molar-refractivity contribution in [2.24, 2.45) is 0 Å². The van der Waals surface area contributed by atoms with E-state index >= 15 is 0 Å². The quantitative estimate of drug-likeness (QED) is 0.276. The molecular formula is C27H18BrNO2S. The highest BCUT2D eigenvalue weighted by Gasteiger charge is 2.28. The number of fused-ring (bicyclic) bond motifs is 1. The fourth-order valence-electron chi connectivity index (χ4n) is 4.03. The van der Waals surface area contributed by atoms with Crippen molar-refractivity contribution < 1.29 is 8.42 Å². The molecule has 156 valence electrons. The lowest BCUT2D eigenvalue weighted by Crippen LogP contribution is -2.16. The number of halogens is 1. The summed E-state index contributed by atoms with van der Waals surface area (Å²) >= 11 is 3.67. The summed E-state index contributed by atoms with van der Waals surface area (Å²) in [6.45, 7) is 0. The topological polar surface area (TPSA) is 39.1 Å². The van der Waals surface area contributed by atoms with Crippen LogP contribution in [0.5, 0.6) is 0 Å². The summed E-state index contributed by atoms with van der Waals surface area (Å²) in [5.41, 5.74) is 3.99. The second-order valence-corrected chi connectivity index (χ2v) is 10.1. The molecule has 0 fully saturated rings. The molecule has 0 saturated carbocycles. The number of benzene rings is 3. The van der Waals surface area contributed by atoms with Gasteiger partial charge in [-0.25, -0.2) is 12.4 Å². The highest BCUT2D eigenvalue weighted by atomic mass is 79.9. The Balaban J connectivity index is 1.91. The van der Waals surface area contributed by atoms with Crippen LogP contribution in [0.4, 0.5) is 0 Å². The van der Waals surface area contributed by atoms with E-state index in [1.54, 1.807) is 30.3 Å². The van der Waals surface area contributed by atoms with Crippen LogP contribution in [-0.4, -0.2) is 12.4 Å². The molecule has 0 saturated heterocycles. The van der Waals surface area contributed by atoms with Gasteiger partial charge in [-0.3, -0.25) is 0 Å². The third kappa shape index (κ3) is 3.52. The smallest absolute Gasteiger partial charge is 0.237 e. The molecule has 3 nitrogen and oxygen atoms in total. The van der Waals surface area contributed by atoms with E-state index < -0.39 is 10.0 Å². The van der Waals surface area contributed by atoms with Gasteiger partial charge in [0.1, 0.15) is 0 Å². The largest absolute Gasteiger partial charge is 0.268 e. The summed E-state index contributed by atoms with van der Waals surface area (Å²) < 4.78 is 30.2. The monoisotopic (exact) mass is 499 g/mol. The van der Waals surface area contributed by atoms with Crippen molar-refractivity contribution in [2.75, 3.05) is 0 Å². The second kappa shape index (κ2) is 8.31. The first kappa shape index (κ1) is 20.6. The van der Waals surface area contributed by atoms with Gasteiger partial charge in [-0.15, -0.1) is 0 Å². The minimum absolute atomic E-state index is 0.251. The molecule has 5 heteroatoms. The average molecular weight is 500 g/mol. The van der Waals surface area contributed by atoms with Gasteiger partial charge in [-0.1, -0.05) is 88.7 Å². The number of rotatable bonds is 5. The van der Waals surface area contributed by atoms with Crippen molar-refractivity contribution in [1.82, 2.24) is 3.97 Å². The first-order valence-corrected chi connectivity index (χ1v) is 12.4. The van der Waals surface area contributed by atoms with E-state index in [1.807, 2.05) is 66.7 Å². The van der Waals surface area contributed by atoms with Gasteiger partial charge in [0.2, 0.25) is 0 Å². The summed E-state index contributed by atoms with van der Waals surface area (Å²) in [5.74, 6) is 0. The highest BCUT2D eigenvalue weighted by molar-refractivity contribution is 9.10. The Labute approximate surface area is 196 Å². The highest BCUT2D eigenvalue weighted by Crippen LogP contribution is 2.41. The zero-order valence-corrected chi connectivity index (χ0v) is 19.4. The normalized spacial score (nSPS) is 11.4. The predicted molar refractivity (Wildman–Crippen MR) is 131 cm³/mol. The van der Waals surface area contributed by atoms with E-state index in [0.717, 1.165) is 26.5 Å². The molecule has 1 aromatic heterocycles. The minimum atomic E-state index is -3.85. The van der Waals surface area contributed by atoms with Crippen LogP contribution < -0.4 is 0 Å². The van der Waals surface area contributed by atoms with Crippen molar-refractivity contribution in [3.05, 3.63) is 125 Å². The predicted octanol–water partition coefficient (Wildman–Crippen LogP) is 6.50. The molecule has 0 aliphatic heterocycles. The fourth-order valence-corrected chi connectivity index (χ4v) is 6.15. The van der Waals surface area contributed by atoms with E-state index in [0.29, 0.717) is 17.6 Å². The molecule has 1 heterocycles. The lowest BCUT2D eigenvalue weighted by molar-refractivity contribution is 0.587. The fraction of sp³-hybridized carbons (Fsp3) is 0.0370. The number of aromatic nitrogens is 1. The van der Waals surface area contributed by atoms with E-state index in [1.165, 1.54) is 3.97 Å². The van der Waals surface area contributed by atoms with Crippen LogP contribution in [0.3, 0.4) is 0 Å². The van der Waals surface area contributed by atoms with E-state index in [2.05, 4.69) is 28.1 Å². The maximum absolute atomic E-state index is 13.9. The number of hydrogen-bond acceptors (Lipinski definition) is 2. The van der Waals surface area contributed by atoms with Crippen molar-refractivity contribution in [2.45, 2.75) is 11.3 Å². The maximum Gasteiger partial charge on any atom is 0.268 e.